The molecule has 1 aromatic rings. The van der Waals surface area contributed by atoms with Crippen molar-refractivity contribution in [1.82, 2.24) is 9.97 Å². The molecule has 0 amide bonds. The lowest BCUT2D eigenvalue weighted by atomic mass is 10.5. The maximum Gasteiger partial charge on any atom is 0.225 e. The molecule has 1 heterocycles. The number of anilines is 1. The van der Waals surface area contributed by atoms with Crippen LogP contribution in [0.25, 0.3) is 0 Å². The summed E-state index contributed by atoms with van der Waals surface area (Å²) in [6, 6.07) is 1.59. The minimum Gasteiger partial charge on any atom is -0.366 e. The van der Waals surface area contributed by atoms with Gasteiger partial charge in [-0.2, -0.15) is 0 Å². The Hall–Kier alpha value is -0.800. The zero-order valence-electron chi connectivity index (χ0n) is 6.22. The van der Waals surface area contributed by atoms with Gasteiger partial charge in [-0.15, -0.1) is 6.58 Å². The fraction of sp³-hybridized carbons (Fsp3) is 0.143. The van der Waals surface area contributed by atoms with Crippen LogP contribution in [0.2, 0.25) is 10.4 Å². The second kappa shape index (κ2) is 4.28. The van der Waals surface area contributed by atoms with Crippen LogP contribution in [-0.2, 0) is 0 Å². The molecule has 0 bridgehead atoms. The van der Waals surface area contributed by atoms with Crippen LogP contribution in [0.4, 0.5) is 5.82 Å². The van der Waals surface area contributed by atoms with E-state index in [1.165, 1.54) is 0 Å². The second-order valence-corrected chi connectivity index (χ2v) is 2.74. The number of hydrogen-bond donors (Lipinski definition) is 1. The molecule has 0 aliphatic carbocycles. The van der Waals surface area contributed by atoms with Crippen LogP contribution in [0.3, 0.4) is 0 Å². The Morgan fingerprint density at radius 1 is 1.50 bits per heavy atom. The van der Waals surface area contributed by atoms with E-state index in [1.54, 1.807) is 12.1 Å². The molecule has 0 unspecified atom stereocenters. The summed E-state index contributed by atoms with van der Waals surface area (Å²) >= 11 is 11.2. The van der Waals surface area contributed by atoms with Crippen LogP contribution >= 0.6 is 23.2 Å². The standard InChI is InChI=1S/C7H7Cl2N3/c1-2-3-10-6-4-5(8)11-7(9)12-6/h2,4H,1,3H2,(H,10,11,12). The minimum absolute atomic E-state index is 0.133. The molecule has 12 heavy (non-hydrogen) atoms. The van der Waals surface area contributed by atoms with Crippen molar-refractivity contribution in [3.63, 3.8) is 0 Å². The maximum atomic E-state index is 5.63. The normalized spacial score (nSPS) is 9.50. The molecule has 1 N–H and O–H groups in total. The van der Waals surface area contributed by atoms with Crippen molar-refractivity contribution >= 4 is 29.0 Å². The molecular formula is C7H7Cl2N3. The predicted molar refractivity (Wildman–Crippen MR) is 50.7 cm³/mol. The number of rotatable bonds is 3. The van der Waals surface area contributed by atoms with E-state index in [-0.39, 0.29) is 5.28 Å². The molecule has 0 saturated carbocycles. The molecule has 1 rings (SSSR count). The zero-order chi connectivity index (χ0) is 8.97. The van der Waals surface area contributed by atoms with E-state index in [0.717, 1.165) is 0 Å². The lowest BCUT2D eigenvalue weighted by molar-refractivity contribution is 1.14. The summed E-state index contributed by atoms with van der Waals surface area (Å²) in [6.45, 7) is 4.16. The smallest absolute Gasteiger partial charge is 0.225 e. The molecule has 0 aliphatic heterocycles. The number of nitrogens with zero attached hydrogens (tertiary/aromatic N) is 2. The molecular weight excluding hydrogens is 197 g/mol. The van der Waals surface area contributed by atoms with E-state index in [1.807, 2.05) is 0 Å². The highest BCUT2D eigenvalue weighted by Crippen LogP contribution is 2.13. The fourth-order valence-corrected chi connectivity index (χ4v) is 1.07. The lowest BCUT2D eigenvalue weighted by Crippen LogP contribution is -2.00. The van der Waals surface area contributed by atoms with E-state index in [4.69, 9.17) is 23.2 Å². The first kappa shape index (κ1) is 9.29. The van der Waals surface area contributed by atoms with E-state index in [9.17, 15) is 0 Å². The monoisotopic (exact) mass is 203 g/mol. The molecule has 0 atom stereocenters. The van der Waals surface area contributed by atoms with Gasteiger partial charge < -0.3 is 5.32 Å². The lowest BCUT2D eigenvalue weighted by Gasteiger charge is -2.01. The first-order valence-electron chi connectivity index (χ1n) is 3.27. The molecule has 3 nitrogen and oxygen atoms in total. The molecule has 0 fully saturated rings. The highest BCUT2D eigenvalue weighted by atomic mass is 35.5. The second-order valence-electron chi connectivity index (χ2n) is 2.01. The van der Waals surface area contributed by atoms with E-state index in [0.29, 0.717) is 17.5 Å². The van der Waals surface area contributed by atoms with Crippen molar-refractivity contribution in [3.05, 3.63) is 29.2 Å². The van der Waals surface area contributed by atoms with Gasteiger partial charge in [0.05, 0.1) is 0 Å². The zero-order valence-corrected chi connectivity index (χ0v) is 7.73. The number of halogens is 2. The Morgan fingerprint density at radius 2 is 2.25 bits per heavy atom. The first-order valence-corrected chi connectivity index (χ1v) is 4.03. The molecule has 0 spiro atoms. The predicted octanol–water partition coefficient (Wildman–Crippen LogP) is 2.38. The third-order valence-electron chi connectivity index (χ3n) is 1.10. The van der Waals surface area contributed by atoms with Gasteiger partial charge in [0.25, 0.3) is 0 Å². The average molecular weight is 204 g/mol. The summed E-state index contributed by atoms with van der Waals surface area (Å²) < 4.78 is 0. The van der Waals surface area contributed by atoms with Gasteiger partial charge in [0.1, 0.15) is 11.0 Å². The van der Waals surface area contributed by atoms with Crippen LogP contribution in [0.15, 0.2) is 18.7 Å². The van der Waals surface area contributed by atoms with Gasteiger partial charge in [0, 0.05) is 12.6 Å². The Labute approximate surface area is 80.4 Å². The molecule has 0 aromatic carbocycles. The van der Waals surface area contributed by atoms with Crippen LogP contribution in [-0.4, -0.2) is 16.5 Å². The van der Waals surface area contributed by atoms with Gasteiger partial charge >= 0.3 is 0 Å². The Bertz CT molecular complexity index is 268. The van der Waals surface area contributed by atoms with Gasteiger partial charge in [-0.25, -0.2) is 9.97 Å². The third-order valence-corrected chi connectivity index (χ3v) is 1.46. The highest BCUT2D eigenvalue weighted by Gasteiger charge is 1.98. The SMILES string of the molecule is C=CCNc1cc(Cl)nc(Cl)n1. The van der Waals surface area contributed by atoms with Crippen molar-refractivity contribution in [1.29, 1.82) is 0 Å². The van der Waals surface area contributed by atoms with Crippen LogP contribution in [0.5, 0.6) is 0 Å². The van der Waals surface area contributed by atoms with E-state index >= 15 is 0 Å². The van der Waals surface area contributed by atoms with Crippen molar-refractivity contribution in [2.24, 2.45) is 0 Å². The largest absolute Gasteiger partial charge is 0.366 e. The van der Waals surface area contributed by atoms with Gasteiger partial charge in [0.15, 0.2) is 0 Å². The van der Waals surface area contributed by atoms with Crippen molar-refractivity contribution in [2.75, 3.05) is 11.9 Å². The fourth-order valence-electron chi connectivity index (χ4n) is 0.657. The van der Waals surface area contributed by atoms with Gasteiger partial charge in [-0.1, -0.05) is 17.7 Å². The summed E-state index contributed by atoms with van der Waals surface area (Å²) in [5.41, 5.74) is 0. The van der Waals surface area contributed by atoms with Gasteiger partial charge in [0.2, 0.25) is 5.28 Å². The molecule has 0 saturated heterocycles. The topological polar surface area (TPSA) is 37.8 Å². The van der Waals surface area contributed by atoms with Crippen LogP contribution < -0.4 is 5.32 Å². The number of hydrogen-bond acceptors (Lipinski definition) is 3. The van der Waals surface area contributed by atoms with E-state index < -0.39 is 0 Å². The summed E-state index contributed by atoms with van der Waals surface area (Å²) in [4.78, 5) is 7.58. The molecule has 0 aliphatic rings. The maximum absolute atomic E-state index is 5.63. The summed E-state index contributed by atoms with van der Waals surface area (Å²) in [5, 5.41) is 3.39. The van der Waals surface area contributed by atoms with Gasteiger partial charge in [-0.3, -0.25) is 0 Å². The van der Waals surface area contributed by atoms with Crippen molar-refractivity contribution in [2.45, 2.75) is 0 Å². The van der Waals surface area contributed by atoms with Crippen molar-refractivity contribution in [3.8, 4) is 0 Å². The first-order chi connectivity index (χ1) is 5.72. The number of nitrogens with one attached hydrogen (secondary N) is 1. The summed E-state index contributed by atoms with van der Waals surface area (Å²) in [5.74, 6) is 0.597. The Kier molecular flexibility index (Phi) is 3.31. The highest BCUT2D eigenvalue weighted by molar-refractivity contribution is 6.32. The summed E-state index contributed by atoms with van der Waals surface area (Å²) in [7, 11) is 0. The number of aromatic nitrogens is 2. The van der Waals surface area contributed by atoms with Crippen molar-refractivity contribution < 1.29 is 0 Å². The quantitative estimate of drug-likeness (QED) is 0.466. The Balaban J connectivity index is 2.78. The van der Waals surface area contributed by atoms with Gasteiger partial charge in [-0.05, 0) is 11.6 Å². The molecule has 1 aromatic heterocycles. The average Bonchev–Trinajstić information content (AvgIpc) is 1.99. The van der Waals surface area contributed by atoms with E-state index in [2.05, 4.69) is 21.9 Å². The molecule has 5 heteroatoms. The summed E-state index contributed by atoms with van der Waals surface area (Å²) in [6.07, 6.45) is 1.71. The van der Waals surface area contributed by atoms with Crippen LogP contribution in [0, 0.1) is 0 Å². The molecule has 64 valence electrons. The van der Waals surface area contributed by atoms with Crippen LogP contribution in [0.1, 0.15) is 0 Å². The third kappa shape index (κ3) is 2.68. The Morgan fingerprint density at radius 3 is 2.83 bits per heavy atom. The molecule has 0 radical (unpaired) electrons. The minimum atomic E-state index is 0.133.